The number of rotatable bonds is 6. The Balaban J connectivity index is 0.765. The van der Waals surface area contributed by atoms with E-state index in [0.717, 1.165) is 74.0 Å². The topological polar surface area (TPSA) is 89.8 Å². The van der Waals surface area contributed by atoms with Crippen molar-refractivity contribution < 1.29 is 9.59 Å². The number of hydrogen-bond acceptors (Lipinski definition) is 7. The highest BCUT2D eigenvalue weighted by molar-refractivity contribution is 6.08. The van der Waals surface area contributed by atoms with Crippen molar-refractivity contribution in [2.45, 2.75) is 38.3 Å². The average molecular weight is 681 g/mol. The molecule has 51 heavy (non-hydrogen) atoms. The van der Waals surface area contributed by atoms with Crippen molar-refractivity contribution in [1.82, 2.24) is 29.7 Å². The van der Waals surface area contributed by atoms with E-state index in [1.54, 1.807) is 4.90 Å². The summed E-state index contributed by atoms with van der Waals surface area (Å²) in [5.74, 6) is 1.60. The average Bonchev–Trinajstić information content (AvgIpc) is 3.64. The molecule has 9 rings (SSSR count). The number of allylic oxidation sites excluding steroid dienone is 1. The van der Waals surface area contributed by atoms with Gasteiger partial charge in [-0.15, -0.1) is 0 Å². The van der Waals surface area contributed by atoms with Crippen molar-refractivity contribution >= 4 is 45.1 Å². The molecule has 1 unspecified atom stereocenters. The van der Waals surface area contributed by atoms with Gasteiger partial charge in [-0.05, 0) is 85.2 Å². The molecule has 2 aromatic carbocycles. The lowest BCUT2D eigenvalue weighted by molar-refractivity contribution is -0.126. The standard InChI is InChI=1S/C41H44N8O2/c1-27-3-9-37(40(50)44-27)49-26-31-21-32(6-8-33(31)41(49)51)47-19-17-46(18-20-47)25-28-12-15-48(16-13-28)39-10-5-30(23-43-39)29-4-7-34-35-24-42-14-11-36(35)45(2)38(34)22-29/h4-8,10-11,14,21-24,28,37H,1,3,9,12-13,15-20,25-26H2,2H3,(H,44,50). The molecule has 1 atom stereocenters. The molecule has 4 aliphatic heterocycles. The minimum absolute atomic E-state index is 0.0407. The number of carbonyl (C=O) groups excluding carboxylic acids is 2. The number of carbonyl (C=O) groups is 2. The zero-order valence-electron chi connectivity index (χ0n) is 29.2. The Morgan fingerprint density at radius 3 is 2.43 bits per heavy atom. The Kier molecular flexibility index (Phi) is 7.99. The Morgan fingerprint density at radius 1 is 0.824 bits per heavy atom. The van der Waals surface area contributed by atoms with Gasteiger partial charge in [-0.3, -0.25) is 19.5 Å². The third-order valence-electron chi connectivity index (χ3n) is 11.7. The number of amides is 2. The van der Waals surface area contributed by atoms with Crippen LogP contribution in [-0.4, -0.2) is 88.0 Å². The first-order chi connectivity index (χ1) is 24.9. The molecule has 10 heteroatoms. The van der Waals surface area contributed by atoms with E-state index in [2.05, 4.69) is 91.7 Å². The number of anilines is 2. The number of aromatic nitrogens is 3. The lowest BCUT2D eigenvalue weighted by atomic mass is 9.95. The Morgan fingerprint density at radius 2 is 1.65 bits per heavy atom. The van der Waals surface area contributed by atoms with Gasteiger partial charge in [-0.2, -0.15) is 0 Å². The van der Waals surface area contributed by atoms with Crippen LogP contribution in [0.2, 0.25) is 0 Å². The fourth-order valence-corrected chi connectivity index (χ4v) is 8.71. The minimum atomic E-state index is -0.424. The van der Waals surface area contributed by atoms with Crippen molar-refractivity contribution in [1.29, 1.82) is 0 Å². The highest BCUT2D eigenvalue weighted by atomic mass is 16.2. The van der Waals surface area contributed by atoms with Crippen LogP contribution in [0.1, 0.15) is 41.6 Å². The first kappa shape index (κ1) is 31.7. The minimum Gasteiger partial charge on any atom is -0.369 e. The summed E-state index contributed by atoms with van der Waals surface area (Å²) in [6.07, 6.45) is 9.52. The highest BCUT2D eigenvalue weighted by Crippen LogP contribution is 2.34. The predicted molar refractivity (Wildman–Crippen MR) is 202 cm³/mol. The Bertz CT molecular complexity index is 2160. The molecule has 0 bridgehead atoms. The lowest BCUT2D eigenvalue weighted by Crippen LogP contribution is -2.49. The molecule has 2 amide bonds. The summed E-state index contributed by atoms with van der Waals surface area (Å²) in [6.45, 7) is 11.6. The van der Waals surface area contributed by atoms with Gasteiger partial charge >= 0.3 is 0 Å². The lowest BCUT2D eigenvalue weighted by Gasteiger charge is -2.40. The van der Waals surface area contributed by atoms with Crippen molar-refractivity contribution in [2.75, 3.05) is 55.6 Å². The fourth-order valence-electron chi connectivity index (χ4n) is 8.71. The molecule has 1 N–H and O–H groups in total. The van der Waals surface area contributed by atoms with Crippen molar-refractivity contribution in [3.05, 3.63) is 96.6 Å². The van der Waals surface area contributed by atoms with Gasteiger partial charge < -0.3 is 24.6 Å². The number of aryl methyl sites for hydroxylation is 1. The van der Waals surface area contributed by atoms with Gasteiger partial charge in [0.25, 0.3) is 5.91 Å². The number of piperidine rings is 2. The van der Waals surface area contributed by atoms with Crippen LogP contribution < -0.4 is 15.1 Å². The molecule has 10 nitrogen and oxygen atoms in total. The van der Waals surface area contributed by atoms with Crippen LogP contribution in [0.3, 0.4) is 0 Å². The summed E-state index contributed by atoms with van der Waals surface area (Å²) < 4.78 is 2.24. The van der Waals surface area contributed by atoms with E-state index < -0.39 is 6.04 Å². The summed E-state index contributed by atoms with van der Waals surface area (Å²) in [5, 5.41) is 5.24. The molecule has 260 valence electrons. The van der Waals surface area contributed by atoms with E-state index in [0.29, 0.717) is 25.3 Å². The molecular formula is C41H44N8O2. The molecule has 3 aromatic heterocycles. The zero-order chi connectivity index (χ0) is 34.6. The van der Waals surface area contributed by atoms with Gasteiger partial charge in [0.1, 0.15) is 11.9 Å². The van der Waals surface area contributed by atoms with Crippen molar-refractivity contribution in [3.8, 4) is 11.1 Å². The van der Waals surface area contributed by atoms with Crippen molar-refractivity contribution in [2.24, 2.45) is 13.0 Å². The molecule has 3 saturated heterocycles. The zero-order valence-corrected chi connectivity index (χ0v) is 29.2. The summed E-state index contributed by atoms with van der Waals surface area (Å²) in [4.78, 5) is 44.2. The first-order valence-electron chi connectivity index (χ1n) is 18.3. The number of hydrogen-bond donors (Lipinski definition) is 1. The molecule has 3 fully saturated rings. The third kappa shape index (κ3) is 5.81. The maximum absolute atomic E-state index is 13.2. The van der Waals surface area contributed by atoms with Gasteiger partial charge in [0.2, 0.25) is 5.91 Å². The summed E-state index contributed by atoms with van der Waals surface area (Å²) in [7, 11) is 2.12. The molecule has 0 aliphatic carbocycles. The van der Waals surface area contributed by atoms with E-state index in [9.17, 15) is 9.59 Å². The van der Waals surface area contributed by atoms with E-state index in [1.807, 2.05) is 24.7 Å². The maximum atomic E-state index is 13.2. The van der Waals surface area contributed by atoms with Gasteiger partial charge in [0, 0.05) is 117 Å². The number of pyridine rings is 2. The molecule has 4 aliphatic rings. The van der Waals surface area contributed by atoms with E-state index in [4.69, 9.17) is 4.98 Å². The van der Waals surface area contributed by atoms with Crippen LogP contribution in [0.25, 0.3) is 32.9 Å². The summed E-state index contributed by atoms with van der Waals surface area (Å²) in [6, 6.07) is 18.9. The maximum Gasteiger partial charge on any atom is 0.255 e. The van der Waals surface area contributed by atoms with Crippen LogP contribution in [0.5, 0.6) is 0 Å². The molecule has 0 radical (unpaired) electrons. The number of nitrogens with zero attached hydrogens (tertiary/aromatic N) is 7. The normalized spacial score (nSPS) is 20.5. The number of piperazine rings is 1. The van der Waals surface area contributed by atoms with E-state index >= 15 is 0 Å². The van der Waals surface area contributed by atoms with Crippen LogP contribution >= 0.6 is 0 Å². The third-order valence-corrected chi connectivity index (χ3v) is 11.7. The molecule has 7 heterocycles. The van der Waals surface area contributed by atoms with Crippen LogP contribution in [-0.2, 0) is 18.4 Å². The van der Waals surface area contributed by atoms with Gasteiger partial charge in [0.15, 0.2) is 0 Å². The smallest absolute Gasteiger partial charge is 0.255 e. The van der Waals surface area contributed by atoms with E-state index in [1.165, 1.54) is 45.9 Å². The summed E-state index contributed by atoms with van der Waals surface area (Å²) in [5.41, 5.74) is 8.36. The highest BCUT2D eigenvalue weighted by Gasteiger charge is 2.38. The summed E-state index contributed by atoms with van der Waals surface area (Å²) >= 11 is 0. The van der Waals surface area contributed by atoms with Crippen LogP contribution in [0, 0.1) is 5.92 Å². The van der Waals surface area contributed by atoms with E-state index in [-0.39, 0.29) is 11.8 Å². The second-order valence-electron chi connectivity index (χ2n) is 14.7. The second-order valence-corrected chi connectivity index (χ2v) is 14.7. The Labute approximate surface area is 298 Å². The molecular weight excluding hydrogens is 637 g/mol. The second kappa shape index (κ2) is 12.8. The Hall–Kier alpha value is -5.22. The van der Waals surface area contributed by atoms with Crippen LogP contribution in [0.4, 0.5) is 11.5 Å². The SMILES string of the molecule is C=C1CCC(N2Cc3cc(N4CCN(CC5CCN(c6ccc(-c7ccc8c9cnccc9n(C)c8c7)cn6)CC5)CC4)ccc3C2=O)C(=O)N1. The number of nitrogens with one attached hydrogen (secondary N) is 1. The molecule has 0 saturated carbocycles. The van der Waals surface area contributed by atoms with Crippen molar-refractivity contribution in [3.63, 3.8) is 0 Å². The number of benzene rings is 2. The predicted octanol–water partition coefficient (Wildman–Crippen LogP) is 5.58. The largest absolute Gasteiger partial charge is 0.369 e. The van der Waals surface area contributed by atoms with Gasteiger partial charge in [-0.1, -0.05) is 18.7 Å². The number of fused-ring (bicyclic) bond motifs is 4. The fraction of sp³-hybridized carbons (Fsp3) is 0.366. The molecule has 5 aromatic rings. The quantitative estimate of drug-likeness (QED) is 0.251. The van der Waals surface area contributed by atoms with Gasteiger partial charge in [0.05, 0.1) is 5.52 Å². The monoisotopic (exact) mass is 680 g/mol. The van der Waals surface area contributed by atoms with Gasteiger partial charge in [-0.25, -0.2) is 4.98 Å². The van der Waals surface area contributed by atoms with Crippen LogP contribution in [0.15, 0.2) is 85.5 Å². The first-order valence-corrected chi connectivity index (χ1v) is 18.3. The molecule has 0 spiro atoms.